The van der Waals surface area contributed by atoms with Crippen LogP contribution in [0.3, 0.4) is 0 Å². The molecule has 0 saturated carbocycles. The maximum atomic E-state index is 9.72. The van der Waals surface area contributed by atoms with E-state index in [0.29, 0.717) is 21.8 Å². The lowest BCUT2D eigenvalue weighted by Gasteiger charge is -2.09. The van der Waals surface area contributed by atoms with Crippen molar-refractivity contribution in [2.24, 2.45) is 0 Å². The SMILES string of the molecule is Nc1ccc(Cl)cc1-c1cccc(O)c1O. The first kappa shape index (κ1) is 10.6. The van der Waals surface area contributed by atoms with E-state index < -0.39 is 0 Å². The molecule has 0 spiro atoms. The van der Waals surface area contributed by atoms with Crippen LogP contribution >= 0.6 is 11.6 Å². The molecule has 0 saturated heterocycles. The Morgan fingerprint density at radius 2 is 1.75 bits per heavy atom. The van der Waals surface area contributed by atoms with Gasteiger partial charge < -0.3 is 15.9 Å². The Morgan fingerprint density at radius 3 is 2.50 bits per heavy atom. The summed E-state index contributed by atoms with van der Waals surface area (Å²) in [5.74, 6) is -0.381. The second kappa shape index (κ2) is 3.94. The van der Waals surface area contributed by atoms with Crippen molar-refractivity contribution >= 4 is 17.3 Å². The average Bonchev–Trinajstić information content (AvgIpc) is 2.26. The molecular weight excluding hydrogens is 226 g/mol. The molecule has 2 rings (SSSR count). The van der Waals surface area contributed by atoms with Crippen LogP contribution in [0.25, 0.3) is 11.1 Å². The highest BCUT2D eigenvalue weighted by molar-refractivity contribution is 6.31. The molecule has 0 fully saturated rings. The Hall–Kier alpha value is -1.87. The van der Waals surface area contributed by atoms with Crippen LogP contribution in [0.15, 0.2) is 36.4 Å². The zero-order valence-corrected chi connectivity index (χ0v) is 9.07. The molecule has 82 valence electrons. The molecule has 2 aromatic rings. The summed E-state index contributed by atoms with van der Waals surface area (Å²) < 4.78 is 0. The largest absolute Gasteiger partial charge is 0.504 e. The Bertz CT molecular complexity index is 541. The summed E-state index contributed by atoms with van der Waals surface area (Å²) in [5.41, 5.74) is 7.34. The van der Waals surface area contributed by atoms with Crippen molar-refractivity contribution in [2.45, 2.75) is 0 Å². The summed E-state index contributed by atoms with van der Waals surface area (Å²) in [7, 11) is 0. The number of benzene rings is 2. The lowest BCUT2D eigenvalue weighted by Crippen LogP contribution is -1.90. The average molecular weight is 236 g/mol. The van der Waals surface area contributed by atoms with E-state index in [1.54, 1.807) is 30.3 Å². The topological polar surface area (TPSA) is 66.5 Å². The number of phenols is 2. The molecule has 0 aliphatic heterocycles. The first-order valence-electron chi connectivity index (χ1n) is 4.66. The fourth-order valence-electron chi connectivity index (χ4n) is 1.51. The van der Waals surface area contributed by atoms with Gasteiger partial charge in [0.2, 0.25) is 0 Å². The van der Waals surface area contributed by atoms with Crippen molar-refractivity contribution in [3.05, 3.63) is 41.4 Å². The highest BCUT2D eigenvalue weighted by atomic mass is 35.5. The predicted molar refractivity (Wildman–Crippen MR) is 64.6 cm³/mol. The molecule has 3 nitrogen and oxygen atoms in total. The Labute approximate surface area is 97.7 Å². The van der Waals surface area contributed by atoms with Gasteiger partial charge in [-0.05, 0) is 24.3 Å². The summed E-state index contributed by atoms with van der Waals surface area (Å²) in [6, 6.07) is 9.66. The first-order valence-corrected chi connectivity index (χ1v) is 5.03. The highest BCUT2D eigenvalue weighted by Gasteiger charge is 2.10. The van der Waals surface area contributed by atoms with Gasteiger partial charge in [-0.1, -0.05) is 23.7 Å². The van der Waals surface area contributed by atoms with Crippen LogP contribution in [0.5, 0.6) is 11.5 Å². The van der Waals surface area contributed by atoms with Crippen LogP contribution in [0.2, 0.25) is 5.02 Å². The summed E-state index contributed by atoms with van der Waals surface area (Å²) in [5, 5.41) is 19.6. The fraction of sp³-hybridized carbons (Fsp3) is 0. The Balaban J connectivity index is 2.67. The van der Waals surface area contributed by atoms with Gasteiger partial charge in [0, 0.05) is 21.8 Å². The minimum absolute atomic E-state index is 0.183. The number of phenolic OH excluding ortho intramolecular Hbond substituents is 2. The maximum Gasteiger partial charge on any atom is 0.165 e. The van der Waals surface area contributed by atoms with Crippen LogP contribution in [0, 0.1) is 0 Å². The van der Waals surface area contributed by atoms with Gasteiger partial charge in [0.15, 0.2) is 11.5 Å². The molecule has 2 aromatic carbocycles. The van der Waals surface area contributed by atoms with Crippen LogP contribution in [-0.4, -0.2) is 10.2 Å². The number of nitrogen functional groups attached to an aromatic ring is 1. The minimum Gasteiger partial charge on any atom is -0.504 e. The third-order valence-corrected chi connectivity index (χ3v) is 2.56. The number of rotatable bonds is 1. The Morgan fingerprint density at radius 1 is 1.00 bits per heavy atom. The molecule has 0 unspecified atom stereocenters. The second-order valence-electron chi connectivity index (χ2n) is 3.40. The molecule has 0 radical (unpaired) electrons. The fourth-order valence-corrected chi connectivity index (χ4v) is 1.68. The van der Waals surface area contributed by atoms with Crippen LogP contribution in [0.4, 0.5) is 5.69 Å². The molecule has 0 aliphatic rings. The summed E-state index contributed by atoms with van der Waals surface area (Å²) in [6.45, 7) is 0. The van der Waals surface area contributed by atoms with Gasteiger partial charge in [0.25, 0.3) is 0 Å². The van der Waals surface area contributed by atoms with E-state index in [2.05, 4.69) is 0 Å². The van der Waals surface area contributed by atoms with E-state index in [-0.39, 0.29) is 11.5 Å². The molecule has 0 aromatic heterocycles. The number of hydrogen-bond donors (Lipinski definition) is 3. The Kier molecular flexibility index (Phi) is 2.62. The van der Waals surface area contributed by atoms with E-state index in [4.69, 9.17) is 17.3 Å². The molecule has 0 atom stereocenters. The van der Waals surface area contributed by atoms with E-state index in [1.807, 2.05) is 0 Å². The molecule has 4 heteroatoms. The van der Waals surface area contributed by atoms with Gasteiger partial charge >= 0.3 is 0 Å². The predicted octanol–water partition coefficient (Wildman–Crippen LogP) is 3.00. The van der Waals surface area contributed by atoms with Crippen LogP contribution in [-0.2, 0) is 0 Å². The van der Waals surface area contributed by atoms with Gasteiger partial charge in [-0.15, -0.1) is 0 Å². The van der Waals surface area contributed by atoms with Crippen molar-refractivity contribution in [1.82, 2.24) is 0 Å². The number of nitrogens with two attached hydrogens (primary N) is 1. The van der Waals surface area contributed by atoms with Crippen molar-refractivity contribution in [3.8, 4) is 22.6 Å². The standard InChI is InChI=1S/C12H10ClNO2/c13-7-4-5-10(14)9(6-7)8-2-1-3-11(15)12(8)16/h1-6,15-16H,14H2. The maximum absolute atomic E-state index is 9.72. The smallest absolute Gasteiger partial charge is 0.165 e. The summed E-state index contributed by atoms with van der Waals surface area (Å²) >= 11 is 5.86. The highest BCUT2D eigenvalue weighted by Crippen LogP contribution is 2.39. The van der Waals surface area contributed by atoms with Crippen molar-refractivity contribution < 1.29 is 10.2 Å². The molecule has 0 amide bonds. The van der Waals surface area contributed by atoms with E-state index >= 15 is 0 Å². The van der Waals surface area contributed by atoms with E-state index in [9.17, 15) is 10.2 Å². The van der Waals surface area contributed by atoms with Gasteiger partial charge in [0.05, 0.1) is 0 Å². The molecule has 16 heavy (non-hydrogen) atoms. The van der Waals surface area contributed by atoms with E-state index in [0.717, 1.165) is 0 Å². The number of aromatic hydroxyl groups is 2. The monoisotopic (exact) mass is 235 g/mol. The molecule has 0 heterocycles. The lowest BCUT2D eigenvalue weighted by atomic mass is 10.0. The van der Waals surface area contributed by atoms with Crippen molar-refractivity contribution in [2.75, 3.05) is 5.73 Å². The van der Waals surface area contributed by atoms with Crippen molar-refractivity contribution in [1.29, 1.82) is 0 Å². The van der Waals surface area contributed by atoms with E-state index in [1.165, 1.54) is 6.07 Å². The molecular formula is C12H10ClNO2. The molecule has 0 aliphatic carbocycles. The van der Waals surface area contributed by atoms with Crippen LogP contribution < -0.4 is 5.73 Å². The number of para-hydroxylation sites is 1. The van der Waals surface area contributed by atoms with Gasteiger partial charge in [-0.25, -0.2) is 0 Å². The number of hydrogen-bond acceptors (Lipinski definition) is 3. The van der Waals surface area contributed by atoms with Gasteiger partial charge in [-0.3, -0.25) is 0 Å². The first-order chi connectivity index (χ1) is 7.59. The zero-order valence-electron chi connectivity index (χ0n) is 8.31. The third-order valence-electron chi connectivity index (χ3n) is 2.32. The van der Waals surface area contributed by atoms with Crippen molar-refractivity contribution in [3.63, 3.8) is 0 Å². The summed E-state index contributed by atoms with van der Waals surface area (Å²) in [4.78, 5) is 0. The second-order valence-corrected chi connectivity index (χ2v) is 3.84. The third kappa shape index (κ3) is 1.77. The summed E-state index contributed by atoms with van der Waals surface area (Å²) in [6.07, 6.45) is 0. The molecule has 4 N–H and O–H groups in total. The van der Waals surface area contributed by atoms with Gasteiger partial charge in [-0.2, -0.15) is 0 Å². The van der Waals surface area contributed by atoms with Gasteiger partial charge in [0.1, 0.15) is 0 Å². The van der Waals surface area contributed by atoms with Crippen LogP contribution in [0.1, 0.15) is 0 Å². The molecule has 0 bridgehead atoms. The zero-order chi connectivity index (χ0) is 11.7. The number of anilines is 1. The lowest BCUT2D eigenvalue weighted by molar-refractivity contribution is 0.405. The minimum atomic E-state index is -0.198. The number of halogens is 1. The normalized spacial score (nSPS) is 10.3. The quantitative estimate of drug-likeness (QED) is 0.526.